The predicted molar refractivity (Wildman–Crippen MR) is 113 cm³/mol. The molecule has 0 radical (unpaired) electrons. The van der Waals surface area contributed by atoms with Gasteiger partial charge in [-0.25, -0.2) is 4.79 Å². The normalized spacial score (nSPS) is 13.6. The fourth-order valence-electron chi connectivity index (χ4n) is 3.04. The second kappa shape index (κ2) is 8.22. The second-order valence-electron chi connectivity index (χ2n) is 7.97. The van der Waals surface area contributed by atoms with E-state index in [2.05, 4.69) is 21.7 Å². The van der Waals surface area contributed by atoms with Gasteiger partial charge in [-0.05, 0) is 68.5 Å². The second-order valence-corrected chi connectivity index (χ2v) is 8.97. The molecule has 2 aromatic rings. The third-order valence-electron chi connectivity index (χ3n) is 4.41. The van der Waals surface area contributed by atoms with E-state index in [-0.39, 0.29) is 12.5 Å². The molecule has 2 heterocycles. The number of nitrogens with one attached hydrogen (secondary N) is 1. The largest absolute Gasteiger partial charge is 0.444 e. The number of fused-ring (bicyclic) bond motifs is 1. The maximum Gasteiger partial charge on any atom is 0.410 e. The number of hydrogen-bond acceptors (Lipinski definition) is 5. The smallest absolute Gasteiger partial charge is 0.410 e. The van der Waals surface area contributed by atoms with Crippen molar-refractivity contribution in [1.29, 1.82) is 0 Å². The molecule has 1 N–H and O–H groups in total. The Morgan fingerprint density at radius 2 is 1.93 bits per heavy atom. The van der Waals surface area contributed by atoms with Crippen LogP contribution in [-0.4, -0.2) is 42.6 Å². The fraction of sp³-hybridized carbons (Fsp3) is 0.429. The molecule has 2 amide bonds. The van der Waals surface area contributed by atoms with Crippen molar-refractivity contribution in [3.8, 4) is 0 Å². The zero-order valence-corrected chi connectivity index (χ0v) is 17.6. The van der Waals surface area contributed by atoms with Gasteiger partial charge in [0.25, 0.3) is 0 Å². The van der Waals surface area contributed by atoms with Crippen molar-refractivity contribution in [1.82, 2.24) is 4.90 Å². The fourth-order valence-corrected chi connectivity index (χ4v) is 3.93. The first-order chi connectivity index (χ1) is 13.2. The molecule has 1 aliphatic rings. The van der Waals surface area contributed by atoms with E-state index in [1.165, 1.54) is 15.3 Å². The summed E-state index contributed by atoms with van der Waals surface area (Å²) < 4.78 is 5.25. The molecule has 150 valence electrons. The number of nitrogens with zero attached hydrogens (tertiary/aromatic N) is 2. The third kappa shape index (κ3) is 5.25. The van der Waals surface area contributed by atoms with Crippen LogP contribution in [0, 0.1) is 0 Å². The molecule has 0 spiro atoms. The highest BCUT2D eigenvalue weighted by Crippen LogP contribution is 2.28. The highest BCUT2D eigenvalue weighted by molar-refractivity contribution is 7.10. The molecule has 0 fully saturated rings. The molecule has 1 aromatic carbocycles. The highest BCUT2D eigenvalue weighted by Gasteiger charge is 2.21. The zero-order valence-electron chi connectivity index (χ0n) is 16.8. The quantitative estimate of drug-likeness (QED) is 0.837. The number of likely N-dealkylation sites (N-methyl/N-ethyl adjacent to an activating group) is 1. The molecule has 1 aromatic heterocycles. The molecule has 0 aliphatic carbocycles. The van der Waals surface area contributed by atoms with Gasteiger partial charge in [0.15, 0.2) is 0 Å². The maximum atomic E-state index is 12.2. The van der Waals surface area contributed by atoms with Gasteiger partial charge in [-0.15, -0.1) is 11.3 Å². The van der Waals surface area contributed by atoms with E-state index < -0.39 is 11.7 Å². The predicted octanol–water partition coefficient (Wildman–Crippen LogP) is 4.12. The number of carbonyl (C=O) groups excluding carboxylic acids is 2. The van der Waals surface area contributed by atoms with Crippen LogP contribution in [0.5, 0.6) is 0 Å². The van der Waals surface area contributed by atoms with Gasteiger partial charge in [0.1, 0.15) is 12.1 Å². The van der Waals surface area contributed by atoms with Crippen LogP contribution < -0.4 is 10.2 Å². The summed E-state index contributed by atoms with van der Waals surface area (Å²) in [6.45, 7) is 7.24. The van der Waals surface area contributed by atoms with Gasteiger partial charge in [-0.2, -0.15) is 0 Å². The first kappa shape index (κ1) is 20.2. The van der Waals surface area contributed by atoms with Crippen LogP contribution >= 0.6 is 11.3 Å². The van der Waals surface area contributed by atoms with Crippen LogP contribution in [0.3, 0.4) is 0 Å². The Kier molecular flexibility index (Phi) is 5.93. The first-order valence-corrected chi connectivity index (χ1v) is 10.2. The topological polar surface area (TPSA) is 61.9 Å². The van der Waals surface area contributed by atoms with Gasteiger partial charge in [0.05, 0.1) is 0 Å². The van der Waals surface area contributed by atoms with Gasteiger partial charge in [-0.3, -0.25) is 4.79 Å². The molecule has 6 nitrogen and oxygen atoms in total. The molecular formula is C21H27N3O3S. The molecular weight excluding hydrogens is 374 g/mol. The molecule has 0 bridgehead atoms. The van der Waals surface area contributed by atoms with Gasteiger partial charge in [0, 0.05) is 36.4 Å². The number of carbonyl (C=O) groups is 2. The van der Waals surface area contributed by atoms with Crippen LogP contribution in [-0.2, 0) is 22.5 Å². The molecule has 3 rings (SSSR count). The highest BCUT2D eigenvalue weighted by atomic mass is 32.1. The summed E-state index contributed by atoms with van der Waals surface area (Å²) in [6.07, 6.45) is 0.554. The van der Waals surface area contributed by atoms with E-state index in [9.17, 15) is 9.59 Å². The zero-order chi connectivity index (χ0) is 20.3. The van der Waals surface area contributed by atoms with Crippen molar-refractivity contribution in [3.05, 3.63) is 46.2 Å². The molecule has 7 heteroatoms. The van der Waals surface area contributed by atoms with Gasteiger partial charge in [-0.1, -0.05) is 0 Å². The van der Waals surface area contributed by atoms with Crippen LogP contribution in [0.15, 0.2) is 35.7 Å². The summed E-state index contributed by atoms with van der Waals surface area (Å²) in [4.78, 5) is 29.3. The minimum atomic E-state index is -0.587. The van der Waals surface area contributed by atoms with Crippen molar-refractivity contribution < 1.29 is 14.3 Å². The number of hydrogen-bond donors (Lipinski definition) is 1. The van der Waals surface area contributed by atoms with E-state index in [0.717, 1.165) is 25.2 Å². The number of thiophene rings is 1. The lowest BCUT2D eigenvalue weighted by Gasteiger charge is -2.29. The molecule has 1 aliphatic heterocycles. The Balaban J connectivity index is 1.53. The molecule has 0 atom stereocenters. The standard InChI is InChI=1S/C21H27N3O3S/c1-21(2,3)27-20(26)23(4)14-19(25)22-16-5-7-17(8-6-16)24-11-9-18-15(13-24)10-12-28-18/h5-8,10,12H,9,11,13-14H2,1-4H3,(H,22,25). The Morgan fingerprint density at radius 3 is 2.61 bits per heavy atom. The molecule has 28 heavy (non-hydrogen) atoms. The van der Waals surface area contributed by atoms with Gasteiger partial charge in [0.2, 0.25) is 5.91 Å². The monoisotopic (exact) mass is 401 g/mol. The lowest BCUT2D eigenvalue weighted by Crippen LogP contribution is -2.38. The summed E-state index contributed by atoms with van der Waals surface area (Å²) in [5, 5.41) is 4.98. The summed E-state index contributed by atoms with van der Waals surface area (Å²) in [7, 11) is 1.55. The summed E-state index contributed by atoms with van der Waals surface area (Å²) >= 11 is 1.83. The van der Waals surface area contributed by atoms with E-state index in [1.54, 1.807) is 27.8 Å². The maximum absolute atomic E-state index is 12.2. The van der Waals surface area contributed by atoms with Crippen molar-refractivity contribution in [2.75, 3.05) is 30.4 Å². The van der Waals surface area contributed by atoms with Crippen LogP contribution in [0.4, 0.5) is 16.2 Å². The third-order valence-corrected chi connectivity index (χ3v) is 5.43. The van der Waals surface area contributed by atoms with Crippen molar-refractivity contribution in [2.24, 2.45) is 0 Å². The molecule has 0 unspecified atom stereocenters. The van der Waals surface area contributed by atoms with E-state index in [4.69, 9.17) is 4.74 Å². The van der Waals surface area contributed by atoms with Crippen molar-refractivity contribution in [3.63, 3.8) is 0 Å². The van der Waals surface area contributed by atoms with Crippen molar-refractivity contribution in [2.45, 2.75) is 39.3 Å². The SMILES string of the molecule is CN(CC(=O)Nc1ccc(N2CCc3sccc3C2)cc1)C(=O)OC(C)(C)C. The Hall–Kier alpha value is -2.54. The van der Waals surface area contributed by atoms with Crippen molar-refractivity contribution >= 4 is 34.7 Å². The number of amides is 2. The number of anilines is 2. The lowest BCUT2D eigenvalue weighted by molar-refractivity contribution is -0.117. The molecule has 0 saturated carbocycles. The van der Waals surface area contributed by atoms with E-state index in [1.807, 2.05) is 35.6 Å². The lowest BCUT2D eigenvalue weighted by atomic mass is 10.1. The summed E-state index contributed by atoms with van der Waals surface area (Å²) in [5.41, 5.74) is 2.66. The average molecular weight is 402 g/mol. The molecule has 0 saturated heterocycles. The van der Waals surface area contributed by atoms with Crippen LogP contribution in [0.2, 0.25) is 0 Å². The minimum absolute atomic E-state index is 0.0658. The summed E-state index contributed by atoms with van der Waals surface area (Å²) in [6, 6.07) is 10.0. The van der Waals surface area contributed by atoms with E-state index in [0.29, 0.717) is 5.69 Å². The average Bonchev–Trinajstić information content (AvgIpc) is 3.08. The van der Waals surface area contributed by atoms with Gasteiger partial charge < -0.3 is 19.9 Å². The van der Waals surface area contributed by atoms with Gasteiger partial charge >= 0.3 is 6.09 Å². The number of ether oxygens (including phenoxy) is 1. The Morgan fingerprint density at radius 1 is 1.21 bits per heavy atom. The Labute approximate surface area is 170 Å². The summed E-state index contributed by atoms with van der Waals surface area (Å²) in [5.74, 6) is -0.262. The first-order valence-electron chi connectivity index (χ1n) is 9.35. The number of benzene rings is 1. The van der Waals surface area contributed by atoms with Crippen LogP contribution in [0.25, 0.3) is 0 Å². The number of rotatable bonds is 4. The van der Waals surface area contributed by atoms with Crippen LogP contribution in [0.1, 0.15) is 31.2 Å². The van der Waals surface area contributed by atoms with E-state index >= 15 is 0 Å². The minimum Gasteiger partial charge on any atom is -0.444 e. The Bertz CT molecular complexity index is 839.